The largest absolute Gasteiger partial charge is 0.478 e. The summed E-state index contributed by atoms with van der Waals surface area (Å²) in [6.45, 7) is 2.90. The van der Waals surface area contributed by atoms with Crippen LogP contribution in [0.1, 0.15) is 45.4 Å². The Bertz CT molecular complexity index is 741. The van der Waals surface area contributed by atoms with Crippen molar-refractivity contribution in [3.05, 3.63) is 42.0 Å². The summed E-state index contributed by atoms with van der Waals surface area (Å²) < 4.78 is 5.60. The molecule has 2 aromatic rings. The highest BCUT2D eigenvalue weighted by atomic mass is 16.5. The molecule has 134 valence electrons. The van der Waals surface area contributed by atoms with E-state index in [9.17, 15) is 4.79 Å². The number of nitrogens with two attached hydrogens (primary N) is 1. The molecular formula is C20H26N2O3. The van der Waals surface area contributed by atoms with Gasteiger partial charge in [0.1, 0.15) is 0 Å². The van der Waals surface area contributed by atoms with Crippen molar-refractivity contribution in [2.75, 3.05) is 12.3 Å². The van der Waals surface area contributed by atoms with Gasteiger partial charge in [0.15, 0.2) is 0 Å². The minimum atomic E-state index is -0.748. The van der Waals surface area contributed by atoms with E-state index in [1.165, 1.54) is 12.8 Å². The number of rotatable bonds is 6. The molecule has 5 nitrogen and oxygen atoms in total. The summed E-state index contributed by atoms with van der Waals surface area (Å²) in [6.07, 6.45) is 7.97. The maximum absolute atomic E-state index is 10.1. The summed E-state index contributed by atoms with van der Waals surface area (Å²) in [5, 5.41) is 9.39. The van der Waals surface area contributed by atoms with Gasteiger partial charge in [-0.1, -0.05) is 38.0 Å². The van der Waals surface area contributed by atoms with E-state index in [-0.39, 0.29) is 0 Å². The van der Waals surface area contributed by atoms with Crippen LogP contribution >= 0.6 is 0 Å². The number of aliphatic carboxylic acids is 1. The van der Waals surface area contributed by atoms with E-state index in [2.05, 4.69) is 11.9 Å². The molecular weight excluding hydrogens is 316 g/mol. The lowest BCUT2D eigenvalue weighted by Crippen LogP contribution is -1.99. The molecule has 0 fully saturated rings. The molecule has 1 aliphatic rings. The van der Waals surface area contributed by atoms with Gasteiger partial charge in [0, 0.05) is 17.0 Å². The van der Waals surface area contributed by atoms with Crippen LogP contribution in [0.5, 0.6) is 5.88 Å². The first-order valence-electron chi connectivity index (χ1n) is 8.82. The lowest BCUT2D eigenvalue weighted by molar-refractivity contribution is -0.132. The van der Waals surface area contributed by atoms with Gasteiger partial charge in [0.05, 0.1) is 17.8 Å². The quantitative estimate of drug-likeness (QED) is 0.593. The van der Waals surface area contributed by atoms with Gasteiger partial charge in [-0.15, -0.1) is 0 Å². The van der Waals surface area contributed by atoms with Gasteiger partial charge in [-0.05, 0) is 37.8 Å². The average molecular weight is 342 g/mol. The van der Waals surface area contributed by atoms with E-state index in [1.807, 2.05) is 30.3 Å². The molecule has 1 aromatic heterocycles. The second kappa shape index (κ2) is 9.67. The van der Waals surface area contributed by atoms with Gasteiger partial charge in [0.25, 0.3) is 0 Å². The number of carbonyl (C=O) groups is 1. The number of hydrogen-bond donors (Lipinski definition) is 2. The fourth-order valence-electron chi connectivity index (χ4n) is 2.63. The lowest BCUT2D eigenvalue weighted by atomic mass is 10.2. The summed E-state index contributed by atoms with van der Waals surface area (Å²) >= 11 is 0. The highest BCUT2D eigenvalue weighted by molar-refractivity contribution is 5.89. The fraction of sp³-hybridized carbons (Fsp3) is 0.400. The molecule has 0 aliphatic heterocycles. The Morgan fingerprint density at radius 1 is 1.28 bits per heavy atom. The molecule has 1 aliphatic carbocycles. The van der Waals surface area contributed by atoms with Gasteiger partial charge in [-0.2, -0.15) is 0 Å². The number of para-hydroxylation sites is 1. The number of allylic oxidation sites excluding steroid dienone is 1. The Morgan fingerprint density at radius 3 is 2.76 bits per heavy atom. The number of nitrogens with zero attached hydrogens (tertiary/aromatic N) is 1. The first kappa shape index (κ1) is 18.8. The Kier molecular flexibility index (Phi) is 7.26. The second-order valence-corrected chi connectivity index (χ2v) is 6.05. The second-order valence-electron chi connectivity index (χ2n) is 6.05. The van der Waals surface area contributed by atoms with Crippen LogP contribution in [0.2, 0.25) is 0 Å². The monoisotopic (exact) mass is 342 g/mol. The van der Waals surface area contributed by atoms with E-state index < -0.39 is 5.97 Å². The van der Waals surface area contributed by atoms with Crippen molar-refractivity contribution in [1.29, 1.82) is 0 Å². The number of aromatic nitrogens is 1. The molecule has 0 spiro atoms. The van der Waals surface area contributed by atoms with E-state index >= 15 is 0 Å². The number of fused-ring (bicyclic) bond motifs is 1. The zero-order chi connectivity index (χ0) is 18.1. The van der Waals surface area contributed by atoms with Gasteiger partial charge >= 0.3 is 5.97 Å². The zero-order valence-corrected chi connectivity index (χ0v) is 14.7. The molecule has 1 heterocycles. The molecule has 0 saturated heterocycles. The lowest BCUT2D eigenvalue weighted by Gasteiger charge is -2.06. The Hall–Kier alpha value is -2.56. The van der Waals surface area contributed by atoms with Crippen LogP contribution in [-0.4, -0.2) is 22.7 Å². The number of hydrogen-bond acceptors (Lipinski definition) is 4. The summed E-state index contributed by atoms with van der Waals surface area (Å²) in [5.74, 6) is -0.0889. The first-order chi connectivity index (χ1) is 12.1. The fourth-order valence-corrected chi connectivity index (χ4v) is 2.63. The zero-order valence-electron chi connectivity index (χ0n) is 14.7. The maximum Gasteiger partial charge on any atom is 0.331 e. The normalized spacial score (nSPS) is 13.1. The van der Waals surface area contributed by atoms with Crippen molar-refractivity contribution >= 4 is 22.6 Å². The van der Waals surface area contributed by atoms with Crippen LogP contribution in [0.25, 0.3) is 10.9 Å². The van der Waals surface area contributed by atoms with Crippen molar-refractivity contribution in [3.63, 3.8) is 0 Å². The topological polar surface area (TPSA) is 85.4 Å². The van der Waals surface area contributed by atoms with Crippen LogP contribution in [0.4, 0.5) is 5.69 Å². The highest BCUT2D eigenvalue weighted by Gasteiger charge is 2.10. The highest BCUT2D eigenvalue weighted by Crippen LogP contribution is 2.21. The van der Waals surface area contributed by atoms with Gasteiger partial charge in [-0.3, -0.25) is 0 Å². The molecule has 5 heteroatoms. The first-order valence-corrected chi connectivity index (χ1v) is 8.82. The molecule has 0 bridgehead atoms. The maximum atomic E-state index is 10.1. The minimum Gasteiger partial charge on any atom is -0.478 e. The number of unbranched alkanes of at least 4 members (excludes halogenated alkanes) is 2. The molecule has 25 heavy (non-hydrogen) atoms. The van der Waals surface area contributed by atoms with Crippen LogP contribution < -0.4 is 10.5 Å². The third kappa shape index (κ3) is 5.78. The van der Waals surface area contributed by atoms with Gasteiger partial charge < -0.3 is 15.6 Å². The smallest absolute Gasteiger partial charge is 0.331 e. The van der Waals surface area contributed by atoms with E-state index in [0.29, 0.717) is 17.1 Å². The Morgan fingerprint density at radius 2 is 2.12 bits per heavy atom. The predicted molar refractivity (Wildman–Crippen MR) is 101 cm³/mol. The van der Waals surface area contributed by atoms with Gasteiger partial charge in [-0.25, -0.2) is 9.78 Å². The van der Waals surface area contributed by atoms with Crippen molar-refractivity contribution < 1.29 is 14.6 Å². The summed E-state index contributed by atoms with van der Waals surface area (Å²) in [7, 11) is 0. The van der Waals surface area contributed by atoms with Crippen molar-refractivity contribution in [1.82, 2.24) is 4.98 Å². The summed E-state index contributed by atoms with van der Waals surface area (Å²) in [4.78, 5) is 14.6. The molecule has 0 unspecified atom stereocenters. The predicted octanol–water partition coefficient (Wildman–Crippen LogP) is 4.57. The van der Waals surface area contributed by atoms with Crippen molar-refractivity contribution in [2.24, 2.45) is 0 Å². The number of carboxylic acids is 1. The molecule has 0 amide bonds. The van der Waals surface area contributed by atoms with Crippen LogP contribution in [0.15, 0.2) is 42.0 Å². The number of ether oxygens (including phenoxy) is 1. The summed E-state index contributed by atoms with van der Waals surface area (Å²) in [6, 6.07) is 9.68. The molecule has 3 N–H and O–H groups in total. The third-order valence-corrected chi connectivity index (χ3v) is 4.04. The van der Waals surface area contributed by atoms with Crippen LogP contribution in [0, 0.1) is 0 Å². The molecule has 0 radical (unpaired) electrons. The Balaban J connectivity index is 0.000000236. The number of benzene rings is 1. The minimum absolute atomic E-state index is 0.588. The number of nitrogen functional groups attached to an aromatic ring is 1. The Labute approximate surface area is 148 Å². The average Bonchev–Trinajstić information content (AvgIpc) is 3.15. The van der Waals surface area contributed by atoms with E-state index in [4.69, 9.17) is 15.6 Å². The summed E-state index contributed by atoms with van der Waals surface area (Å²) in [5.41, 5.74) is 7.99. The molecule has 0 atom stereocenters. The van der Waals surface area contributed by atoms with Crippen LogP contribution in [-0.2, 0) is 4.79 Å². The van der Waals surface area contributed by atoms with Crippen LogP contribution in [0.3, 0.4) is 0 Å². The molecule has 0 saturated carbocycles. The number of carboxylic acid groups (broad SMARTS) is 1. The SMILES string of the molecule is CCCCCOc1ccc2cccc(N)c2n1.O=C(O)C1=CCCC1. The van der Waals surface area contributed by atoms with E-state index in [0.717, 1.165) is 43.2 Å². The third-order valence-electron chi connectivity index (χ3n) is 4.04. The van der Waals surface area contributed by atoms with Crippen molar-refractivity contribution in [2.45, 2.75) is 45.4 Å². The standard InChI is InChI=1S/C14H18N2O.C6H8O2/c1-2-3-4-10-17-13-9-8-11-6-5-7-12(15)14(11)16-13;7-6(8)5-3-1-2-4-5/h5-9H,2-4,10,15H2,1H3;3H,1-2,4H2,(H,7,8). The number of anilines is 1. The molecule has 3 rings (SSSR count). The van der Waals surface area contributed by atoms with Gasteiger partial charge in [0.2, 0.25) is 5.88 Å². The van der Waals surface area contributed by atoms with E-state index in [1.54, 1.807) is 6.08 Å². The molecule has 1 aromatic carbocycles. The van der Waals surface area contributed by atoms with Crippen molar-refractivity contribution in [3.8, 4) is 5.88 Å². The number of pyridine rings is 1.